The number of benzene rings is 3. The highest BCUT2D eigenvalue weighted by atomic mass is 35.5. The Morgan fingerprint density at radius 3 is 2.09 bits per heavy atom. The summed E-state index contributed by atoms with van der Waals surface area (Å²) >= 11 is 18.8. The van der Waals surface area contributed by atoms with Crippen molar-refractivity contribution in [2.24, 2.45) is 0 Å². The number of hydrogen-bond acceptors (Lipinski definition) is 2. The molecule has 0 radical (unpaired) electrons. The average Bonchev–Trinajstić information content (AvgIpc) is 2.85. The first kappa shape index (κ1) is 27.1. The van der Waals surface area contributed by atoms with Gasteiger partial charge in [0.1, 0.15) is 6.04 Å². The minimum absolute atomic E-state index is 0.0198. The van der Waals surface area contributed by atoms with E-state index in [2.05, 4.69) is 5.32 Å². The van der Waals surface area contributed by atoms with Crippen molar-refractivity contribution in [3.8, 4) is 0 Å². The Kier molecular flexibility index (Phi) is 10.0. The van der Waals surface area contributed by atoms with E-state index < -0.39 is 6.04 Å². The van der Waals surface area contributed by atoms with Crippen molar-refractivity contribution in [2.75, 3.05) is 0 Å². The molecule has 0 aliphatic carbocycles. The molecule has 184 valence electrons. The van der Waals surface area contributed by atoms with Crippen molar-refractivity contribution in [3.05, 3.63) is 105 Å². The van der Waals surface area contributed by atoms with E-state index in [9.17, 15) is 9.59 Å². The zero-order valence-electron chi connectivity index (χ0n) is 19.8. The van der Waals surface area contributed by atoms with Crippen molar-refractivity contribution < 1.29 is 9.59 Å². The molecule has 1 N–H and O–H groups in total. The van der Waals surface area contributed by atoms with Crippen molar-refractivity contribution in [1.82, 2.24) is 10.2 Å². The molecular formula is C28H29Cl3N2O2. The monoisotopic (exact) mass is 530 g/mol. The van der Waals surface area contributed by atoms with Gasteiger partial charge in [-0.2, -0.15) is 0 Å². The number of rotatable bonds is 10. The van der Waals surface area contributed by atoms with E-state index in [4.69, 9.17) is 34.8 Å². The maximum atomic E-state index is 13.8. The van der Waals surface area contributed by atoms with Crippen LogP contribution in [0.15, 0.2) is 72.8 Å². The quantitative estimate of drug-likeness (QED) is 0.315. The van der Waals surface area contributed by atoms with Gasteiger partial charge in [0.15, 0.2) is 0 Å². The van der Waals surface area contributed by atoms with Gasteiger partial charge in [-0.3, -0.25) is 9.59 Å². The van der Waals surface area contributed by atoms with E-state index in [1.54, 1.807) is 35.2 Å². The van der Waals surface area contributed by atoms with Gasteiger partial charge in [-0.05, 0) is 54.3 Å². The molecule has 0 bridgehead atoms. The summed E-state index contributed by atoms with van der Waals surface area (Å²) in [5.41, 5.74) is 2.37. The Labute approximate surface area is 222 Å². The summed E-state index contributed by atoms with van der Waals surface area (Å²) in [6.07, 6.45) is 1.14. The van der Waals surface area contributed by atoms with Crippen LogP contribution < -0.4 is 5.32 Å². The molecule has 2 amide bonds. The number of carbonyl (C=O) groups is 2. The van der Waals surface area contributed by atoms with Crippen LogP contribution in [0.4, 0.5) is 0 Å². The number of carbonyl (C=O) groups excluding carboxylic acids is 2. The topological polar surface area (TPSA) is 49.4 Å². The van der Waals surface area contributed by atoms with Gasteiger partial charge in [-0.1, -0.05) is 90.3 Å². The molecule has 0 spiro atoms. The van der Waals surface area contributed by atoms with Crippen LogP contribution in [0.3, 0.4) is 0 Å². The Bertz CT molecular complexity index is 1120. The SMILES string of the molecule is CCC(C)NC(=O)C(Cc1ccccc1)N(Cc1ccc(Cl)cc1)C(=O)Cc1c(Cl)cccc1Cl. The maximum absolute atomic E-state index is 13.8. The molecule has 0 saturated carbocycles. The molecule has 0 aromatic heterocycles. The lowest BCUT2D eigenvalue weighted by atomic mass is 10.0. The molecule has 35 heavy (non-hydrogen) atoms. The second-order valence-corrected chi connectivity index (χ2v) is 9.80. The van der Waals surface area contributed by atoms with Crippen molar-refractivity contribution >= 4 is 46.6 Å². The second kappa shape index (κ2) is 13.0. The molecule has 0 heterocycles. The first-order valence-corrected chi connectivity index (χ1v) is 12.7. The number of hydrogen-bond donors (Lipinski definition) is 1. The third-order valence-electron chi connectivity index (χ3n) is 5.93. The molecule has 0 aliphatic rings. The fraction of sp³-hybridized carbons (Fsp3) is 0.286. The predicted octanol–water partition coefficient (Wildman–Crippen LogP) is 6.74. The van der Waals surface area contributed by atoms with E-state index in [1.165, 1.54) is 0 Å². The van der Waals surface area contributed by atoms with Gasteiger partial charge in [-0.15, -0.1) is 0 Å². The fourth-order valence-corrected chi connectivity index (χ4v) is 4.39. The van der Waals surface area contributed by atoms with Crippen LogP contribution in [0, 0.1) is 0 Å². The Morgan fingerprint density at radius 1 is 0.857 bits per heavy atom. The number of nitrogens with zero attached hydrogens (tertiary/aromatic N) is 1. The molecular weight excluding hydrogens is 503 g/mol. The second-order valence-electron chi connectivity index (χ2n) is 8.55. The molecule has 4 nitrogen and oxygen atoms in total. The van der Waals surface area contributed by atoms with Crippen LogP contribution in [-0.4, -0.2) is 28.8 Å². The summed E-state index contributed by atoms with van der Waals surface area (Å²) < 4.78 is 0. The van der Waals surface area contributed by atoms with Crippen LogP contribution >= 0.6 is 34.8 Å². The van der Waals surface area contributed by atoms with Gasteiger partial charge >= 0.3 is 0 Å². The smallest absolute Gasteiger partial charge is 0.243 e. The van der Waals surface area contributed by atoms with Gasteiger partial charge in [-0.25, -0.2) is 0 Å². The van der Waals surface area contributed by atoms with E-state index in [-0.39, 0.29) is 30.8 Å². The van der Waals surface area contributed by atoms with Crippen LogP contribution in [0.2, 0.25) is 15.1 Å². The zero-order valence-corrected chi connectivity index (χ0v) is 22.1. The summed E-state index contributed by atoms with van der Waals surface area (Å²) in [4.78, 5) is 28.9. The minimum atomic E-state index is -0.726. The molecule has 3 aromatic carbocycles. The van der Waals surface area contributed by atoms with E-state index in [0.29, 0.717) is 27.1 Å². The van der Waals surface area contributed by atoms with E-state index >= 15 is 0 Å². The summed E-state index contributed by atoms with van der Waals surface area (Å²) in [5.74, 6) is -0.439. The highest BCUT2D eigenvalue weighted by Gasteiger charge is 2.31. The predicted molar refractivity (Wildman–Crippen MR) is 144 cm³/mol. The average molecular weight is 532 g/mol. The van der Waals surface area contributed by atoms with Crippen LogP contribution in [-0.2, 0) is 29.0 Å². The standard InChI is InChI=1S/C28H29Cl3N2O2/c1-3-19(2)32-28(35)26(16-20-8-5-4-6-9-20)33(18-21-12-14-22(29)15-13-21)27(34)17-23-24(30)10-7-11-25(23)31/h4-15,19,26H,3,16-18H2,1-2H3,(H,32,35). The third kappa shape index (κ3) is 7.73. The van der Waals surface area contributed by atoms with Crippen molar-refractivity contribution in [2.45, 2.75) is 51.7 Å². The molecule has 2 unspecified atom stereocenters. The Morgan fingerprint density at radius 2 is 1.49 bits per heavy atom. The lowest BCUT2D eigenvalue weighted by Crippen LogP contribution is -2.52. The van der Waals surface area contributed by atoms with E-state index in [0.717, 1.165) is 17.5 Å². The first-order valence-electron chi connectivity index (χ1n) is 11.6. The Balaban J connectivity index is 2.00. The number of amides is 2. The molecule has 3 rings (SSSR count). The molecule has 7 heteroatoms. The lowest BCUT2D eigenvalue weighted by Gasteiger charge is -2.32. The first-order chi connectivity index (χ1) is 16.8. The maximum Gasteiger partial charge on any atom is 0.243 e. The van der Waals surface area contributed by atoms with Gasteiger partial charge in [0.05, 0.1) is 6.42 Å². The van der Waals surface area contributed by atoms with Crippen LogP contribution in [0.25, 0.3) is 0 Å². The van der Waals surface area contributed by atoms with E-state index in [1.807, 2.05) is 56.3 Å². The fourth-order valence-electron chi connectivity index (χ4n) is 3.74. The summed E-state index contributed by atoms with van der Waals surface area (Å²) in [6, 6.07) is 21.4. The number of nitrogens with one attached hydrogen (secondary N) is 1. The molecule has 0 fully saturated rings. The summed E-state index contributed by atoms with van der Waals surface area (Å²) in [5, 5.41) is 4.50. The molecule has 0 aliphatic heterocycles. The third-order valence-corrected chi connectivity index (χ3v) is 6.89. The van der Waals surface area contributed by atoms with Crippen LogP contribution in [0.1, 0.15) is 37.0 Å². The number of halogens is 3. The largest absolute Gasteiger partial charge is 0.352 e. The highest BCUT2D eigenvalue weighted by Crippen LogP contribution is 2.26. The molecule has 3 aromatic rings. The van der Waals surface area contributed by atoms with Crippen molar-refractivity contribution in [1.29, 1.82) is 0 Å². The zero-order chi connectivity index (χ0) is 25.4. The van der Waals surface area contributed by atoms with Gasteiger partial charge in [0.25, 0.3) is 0 Å². The Hall–Kier alpha value is -2.53. The summed E-state index contributed by atoms with van der Waals surface area (Å²) in [6.45, 7) is 4.20. The highest BCUT2D eigenvalue weighted by molar-refractivity contribution is 6.36. The van der Waals surface area contributed by atoms with Gasteiger partial charge in [0.2, 0.25) is 11.8 Å². The summed E-state index contributed by atoms with van der Waals surface area (Å²) in [7, 11) is 0. The normalized spacial score (nSPS) is 12.6. The lowest BCUT2D eigenvalue weighted by molar-refractivity contribution is -0.141. The van der Waals surface area contributed by atoms with Gasteiger partial charge in [0, 0.05) is 34.1 Å². The minimum Gasteiger partial charge on any atom is -0.352 e. The van der Waals surface area contributed by atoms with Crippen LogP contribution in [0.5, 0.6) is 0 Å². The van der Waals surface area contributed by atoms with Gasteiger partial charge < -0.3 is 10.2 Å². The molecule has 2 atom stereocenters. The van der Waals surface area contributed by atoms with Crippen molar-refractivity contribution in [3.63, 3.8) is 0 Å². The molecule has 0 saturated heterocycles.